The van der Waals surface area contributed by atoms with Crippen LogP contribution in [0.15, 0.2) is 12.4 Å². The zero-order chi connectivity index (χ0) is 10.0. The SMILES string of the molecule is O=C(O)c1c(Cl)cncc1C(F)F. The fraction of sp³-hybridized carbons (Fsp3) is 0.143. The molecular formula is C7H4ClF2NO2. The zero-order valence-electron chi connectivity index (χ0n) is 6.17. The van der Waals surface area contributed by atoms with Gasteiger partial charge in [-0.1, -0.05) is 11.6 Å². The highest BCUT2D eigenvalue weighted by atomic mass is 35.5. The first-order valence-electron chi connectivity index (χ1n) is 3.19. The van der Waals surface area contributed by atoms with Gasteiger partial charge in [-0.2, -0.15) is 0 Å². The van der Waals surface area contributed by atoms with Crippen molar-refractivity contribution >= 4 is 17.6 Å². The summed E-state index contributed by atoms with van der Waals surface area (Å²) in [5, 5.41) is 8.26. The second-order valence-electron chi connectivity index (χ2n) is 2.19. The number of nitrogens with zero attached hydrogens (tertiary/aromatic N) is 1. The van der Waals surface area contributed by atoms with Gasteiger partial charge in [-0.15, -0.1) is 0 Å². The van der Waals surface area contributed by atoms with Gasteiger partial charge in [0.15, 0.2) is 0 Å². The predicted molar refractivity (Wildman–Crippen MR) is 41.2 cm³/mol. The van der Waals surface area contributed by atoms with E-state index in [2.05, 4.69) is 4.98 Å². The van der Waals surface area contributed by atoms with E-state index in [0.29, 0.717) is 0 Å². The van der Waals surface area contributed by atoms with Crippen molar-refractivity contribution in [1.82, 2.24) is 4.98 Å². The molecule has 3 nitrogen and oxygen atoms in total. The van der Waals surface area contributed by atoms with Gasteiger partial charge in [0.05, 0.1) is 16.1 Å². The largest absolute Gasteiger partial charge is 0.478 e. The zero-order valence-corrected chi connectivity index (χ0v) is 6.92. The van der Waals surface area contributed by atoms with Crippen LogP contribution < -0.4 is 0 Å². The number of alkyl halides is 2. The molecule has 0 aliphatic heterocycles. The van der Waals surface area contributed by atoms with Crippen molar-refractivity contribution in [2.24, 2.45) is 0 Å². The van der Waals surface area contributed by atoms with Crippen molar-refractivity contribution in [3.63, 3.8) is 0 Å². The van der Waals surface area contributed by atoms with Gasteiger partial charge in [0.25, 0.3) is 6.43 Å². The molecule has 0 spiro atoms. The number of carbonyl (C=O) groups is 1. The Labute approximate surface area is 77.0 Å². The average molecular weight is 208 g/mol. The van der Waals surface area contributed by atoms with Gasteiger partial charge in [-0.3, -0.25) is 4.98 Å². The lowest BCUT2D eigenvalue weighted by molar-refractivity contribution is 0.0684. The molecule has 1 heterocycles. The van der Waals surface area contributed by atoms with E-state index in [1.165, 1.54) is 0 Å². The third-order valence-corrected chi connectivity index (χ3v) is 1.66. The smallest absolute Gasteiger partial charge is 0.337 e. The van der Waals surface area contributed by atoms with Gasteiger partial charge < -0.3 is 5.11 Å². The molecule has 1 aromatic heterocycles. The van der Waals surface area contributed by atoms with Gasteiger partial charge in [0.2, 0.25) is 0 Å². The summed E-state index contributed by atoms with van der Waals surface area (Å²) in [4.78, 5) is 13.9. The van der Waals surface area contributed by atoms with Crippen LogP contribution in [0.5, 0.6) is 0 Å². The van der Waals surface area contributed by atoms with E-state index in [1.54, 1.807) is 0 Å². The maximum absolute atomic E-state index is 12.2. The molecule has 0 bridgehead atoms. The molecule has 1 rings (SSSR count). The molecule has 1 N–H and O–H groups in total. The number of halogens is 3. The Kier molecular flexibility index (Phi) is 2.77. The van der Waals surface area contributed by atoms with E-state index in [0.717, 1.165) is 12.4 Å². The molecule has 13 heavy (non-hydrogen) atoms. The van der Waals surface area contributed by atoms with Crippen LogP contribution in [0.25, 0.3) is 0 Å². The summed E-state index contributed by atoms with van der Waals surface area (Å²) >= 11 is 5.39. The van der Waals surface area contributed by atoms with E-state index in [-0.39, 0.29) is 5.02 Å². The standard InChI is InChI=1S/C7H4ClF2NO2/c8-4-2-11-1-3(6(9)10)5(4)7(12)13/h1-2,6H,(H,12,13). The number of aromatic carboxylic acids is 1. The Bertz CT molecular complexity index is 343. The Morgan fingerprint density at radius 2 is 2.15 bits per heavy atom. The molecule has 0 saturated heterocycles. The van der Waals surface area contributed by atoms with Crippen LogP contribution in [0.3, 0.4) is 0 Å². The number of hydrogen-bond acceptors (Lipinski definition) is 2. The van der Waals surface area contributed by atoms with E-state index in [1.807, 2.05) is 0 Å². The van der Waals surface area contributed by atoms with Gasteiger partial charge in [-0.25, -0.2) is 13.6 Å². The summed E-state index contributed by atoms with van der Waals surface area (Å²) in [5.41, 5.74) is -1.26. The molecule has 70 valence electrons. The second kappa shape index (κ2) is 3.66. The lowest BCUT2D eigenvalue weighted by atomic mass is 10.1. The van der Waals surface area contributed by atoms with Crippen molar-refractivity contribution in [3.8, 4) is 0 Å². The number of rotatable bonds is 2. The quantitative estimate of drug-likeness (QED) is 0.810. The topological polar surface area (TPSA) is 50.2 Å². The van der Waals surface area contributed by atoms with Crippen LogP contribution in [0.2, 0.25) is 5.02 Å². The number of carboxylic acid groups (broad SMARTS) is 1. The van der Waals surface area contributed by atoms with Crippen LogP contribution in [0.4, 0.5) is 8.78 Å². The van der Waals surface area contributed by atoms with Gasteiger partial charge in [0, 0.05) is 12.4 Å². The molecule has 0 aromatic carbocycles. The highest BCUT2D eigenvalue weighted by molar-refractivity contribution is 6.33. The Balaban J connectivity index is 3.34. The molecule has 0 atom stereocenters. The molecular weight excluding hydrogens is 204 g/mol. The Morgan fingerprint density at radius 3 is 2.54 bits per heavy atom. The van der Waals surface area contributed by atoms with Crippen LogP contribution >= 0.6 is 11.6 Å². The number of carboxylic acids is 1. The maximum atomic E-state index is 12.2. The molecule has 0 saturated carbocycles. The first-order chi connectivity index (χ1) is 6.04. The minimum Gasteiger partial charge on any atom is -0.478 e. The minimum absolute atomic E-state index is 0.287. The number of aromatic nitrogens is 1. The Morgan fingerprint density at radius 1 is 1.54 bits per heavy atom. The fourth-order valence-corrected chi connectivity index (χ4v) is 1.09. The third kappa shape index (κ3) is 1.92. The summed E-state index contributed by atoms with van der Waals surface area (Å²) in [7, 11) is 0. The summed E-state index contributed by atoms with van der Waals surface area (Å²) < 4.78 is 24.4. The van der Waals surface area contributed by atoms with E-state index in [9.17, 15) is 13.6 Å². The predicted octanol–water partition coefficient (Wildman–Crippen LogP) is 2.37. The average Bonchev–Trinajstić information content (AvgIpc) is 2.02. The van der Waals surface area contributed by atoms with Crippen LogP contribution in [-0.4, -0.2) is 16.1 Å². The van der Waals surface area contributed by atoms with E-state index >= 15 is 0 Å². The van der Waals surface area contributed by atoms with Gasteiger partial charge in [-0.05, 0) is 0 Å². The summed E-state index contributed by atoms with van der Waals surface area (Å²) in [6.45, 7) is 0. The molecule has 6 heteroatoms. The van der Waals surface area contributed by atoms with Gasteiger partial charge in [0.1, 0.15) is 0 Å². The molecule has 0 fully saturated rings. The molecule has 0 aliphatic carbocycles. The number of hydrogen-bond donors (Lipinski definition) is 1. The Hall–Kier alpha value is -1.23. The molecule has 0 unspecified atom stereocenters. The van der Waals surface area contributed by atoms with Crippen molar-refractivity contribution in [3.05, 3.63) is 28.5 Å². The normalized spacial score (nSPS) is 10.5. The lowest BCUT2D eigenvalue weighted by Crippen LogP contribution is -2.04. The maximum Gasteiger partial charge on any atom is 0.337 e. The second-order valence-corrected chi connectivity index (χ2v) is 2.60. The monoisotopic (exact) mass is 207 g/mol. The molecule has 0 amide bonds. The van der Waals surface area contributed by atoms with Crippen LogP contribution in [0.1, 0.15) is 22.3 Å². The van der Waals surface area contributed by atoms with Crippen molar-refractivity contribution < 1.29 is 18.7 Å². The number of pyridine rings is 1. The highest BCUT2D eigenvalue weighted by Gasteiger charge is 2.20. The lowest BCUT2D eigenvalue weighted by Gasteiger charge is -2.04. The molecule has 0 aliphatic rings. The third-order valence-electron chi connectivity index (χ3n) is 1.38. The first-order valence-corrected chi connectivity index (χ1v) is 3.56. The summed E-state index contributed by atoms with van der Waals surface area (Å²) in [6.07, 6.45) is -1.09. The minimum atomic E-state index is -2.89. The van der Waals surface area contributed by atoms with E-state index in [4.69, 9.17) is 16.7 Å². The van der Waals surface area contributed by atoms with Crippen molar-refractivity contribution in [2.45, 2.75) is 6.43 Å². The first kappa shape index (κ1) is 9.85. The summed E-state index contributed by atoms with van der Waals surface area (Å²) in [5.74, 6) is -1.48. The van der Waals surface area contributed by atoms with Gasteiger partial charge >= 0.3 is 5.97 Å². The van der Waals surface area contributed by atoms with Crippen molar-refractivity contribution in [2.75, 3.05) is 0 Å². The summed E-state index contributed by atoms with van der Waals surface area (Å²) in [6, 6.07) is 0. The molecule has 1 aromatic rings. The van der Waals surface area contributed by atoms with E-state index < -0.39 is 23.5 Å². The fourth-order valence-electron chi connectivity index (χ4n) is 0.841. The highest BCUT2D eigenvalue weighted by Crippen LogP contribution is 2.26. The molecule has 0 radical (unpaired) electrons. The van der Waals surface area contributed by atoms with Crippen molar-refractivity contribution in [1.29, 1.82) is 0 Å². The van der Waals surface area contributed by atoms with Crippen LogP contribution in [0, 0.1) is 0 Å². The van der Waals surface area contributed by atoms with Crippen LogP contribution in [-0.2, 0) is 0 Å².